The zero-order valence-electron chi connectivity index (χ0n) is 11.9. The molecule has 0 bridgehead atoms. The van der Waals surface area contributed by atoms with E-state index in [9.17, 15) is 0 Å². The van der Waals surface area contributed by atoms with Gasteiger partial charge in [0, 0.05) is 23.9 Å². The van der Waals surface area contributed by atoms with E-state index in [1.54, 1.807) is 0 Å². The van der Waals surface area contributed by atoms with Crippen LogP contribution in [0.3, 0.4) is 0 Å². The van der Waals surface area contributed by atoms with Crippen LogP contribution in [0.1, 0.15) is 23.6 Å². The summed E-state index contributed by atoms with van der Waals surface area (Å²) in [4.78, 5) is 4.71. The lowest BCUT2D eigenvalue weighted by molar-refractivity contribution is 0.662. The van der Waals surface area contributed by atoms with Gasteiger partial charge in [-0.25, -0.2) is 0 Å². The zero-order valence-corrected chi connectivity index (χ0v) is 11.9. The van der Waals surface area contributed by atoms with E-state index in [1.807, 2.05) is 6.07 Å². The van der Waals surface area contributed by atoms with E-state index in [-0.39, 0.29) is 0 Å². The summed E-state index contributed by atoms with van der Waals surface area (Å²) in [6, 6.07) is 23.9. The number of nitrogens with one attached hydrogen (secondary N) is 1. The van der Waals surface area contributed by atoms with Crippen molar-refractivity contribution in [1.82, 2.24) is 10.3 Å². The van der Waals surface area contributed by atoms with Crippen molar-refractivity contribution < 1.29 is 0 Å². The van der Waals surface area contributed by atoms with Crippen molar-refractivity contribution in [2.75, 3.05) is 0 Å². The third kappa shape index (κ3) is 2.67. The molecule has 4 rings (SSSR count). The van der Waals surface area contributed by atoms with E-state index in [0.717, 1.165) is 17.8 Å². The number of pyridine rings is 1. The summed E-state index contributed by atoms with van der Waals surface area (Å²) in [5.74, 6) is 0.673. The number of nitrogens with zero attached hydrogens (tertiary/aromatic N) is 1. The van der Waals surface area contributed by atoms with Crippen molar-refractivity contribution in [3.05, 3.63) is 78.0 Å². The van der Waals surface area contributed by atoms with Crippen molar-refractivity contribution in [2.45, 2.75) is 24.9 Å². The van der Waals surface area contributed by atoms with Crippen LogP contribution in [0.2, 0.25) is 0 Å². The number of hydrogen-bond acceptors (Lipinski definition) is 2. The smallest absolute Gasteiger partial charge is 0.0705 e. The molecule has 0 amide bonds. The van der Waals surface area contributed by atoms with Crippen LogP contribution in [0.5, 0.6) is 0 Å². The zero-order chi connectivity index (χ0) is 14.1. The molecule has 1 aliphatic carbocycles. The van der Waals surface area contributed by atoms with E-state index in [1.165, 1.54) is 17.4 Å². The molecular formula is C19H18N2. The summed E-state index contributed by atoms with van der Waals surface area (Å²) >= 11 is 0. The molecule has 0 aliphatic heterocycles. The summed E-state index contributed by atoms with van der Waals surface area (Å²) in [6.45, 7) is 0.846. The van der Waals surface area contributed by atoms with Crippen molar-refractivity contribution in [2.24, 2.45) is 0 Å². The average molecular weight is 274 g/mol. The topological polar surface area (TPSA) is 24.9 Å². The average Bonchev–Trinajstić information content (AvgIpc) is 3.33. The van der Waals surface area contributed by atoms with Gasteiger partial charge in [-0.3, -0.25) is 4.98 Å². The van der Waals surface area contributed by atoms with E-state index < -0.39 is 0 Å². The number of aromatic nitrogens is 1. The monoisotopic (exact) mass is 274 g/mol. The summed E-state index contributed by atoms with van der Waals surface area (Å²) in [7, 11) is 0. The minimum absolute atomic E-state index is 0.598. The Morgan fingerprint density at radius 2 is 1.71 bits per heavy atom. The Bertz CT molecular complexity index is 752. The van der Waals surface area contributed by atoms with Gasteiger partial charge < -0.3 is 5.32 Å². The summed E-state index contributed by atoms with van der Waals surface area (Å²) in [6.07, 6.45) is 1.23. The lowest BCUT2D eigenvalue weighted by atomic mass is 10.1. The van der Waals surface area contributed by atoms with Gasteiger partial charge in [0.1, 0.15) is 0 Å². The molecule has 1 aromatic heterocycles. The second kappa shape index (κ2) is 5.30. The molecule has 104 valence electrons. The molecule has 1 N–H and O–H groups in total. The Hall–Kier alpha value is -2.19. The first kappa shape index (κ1) is 12.5. The van der Waals surface area contributed by atoms with Crippen molar-refractivity contribution in [1.29, 1.82) is 0 Å². The maximum Gasteiger partial charge on any atom is 0.0705 e. The molecule has 2 aromatic carbocycles. The minimum Gasteiger partial charge on any atom is -0.308 e. The molecule has 2 heteroatoms. The van der Waals surface area contributed by atoms with Gasteiger partial charge >= 0.3 is 0 Å². The Balaban J connectivity index is 1.41. The van der Waals surface area contributed by atoms with Gasteiger partial charge in [0.15, 0.2) is 0 Å². The highest BCUT2D eigenvalue weighted by molar-refractivity contribution is 5.78. The van der Waals surface area contributed by atoms with Crippen molar-refractivity contribution in [3.63, 3.8) is 0 Å². The fourth-order valence-electron chi connectivity index (χ4n) is 2.93. The largest absolute Gasteiger partial charge is 0.308 e. The predicted molar refractivity (Wildman–Crippen MR) is 86.2 cm³/mol. The molecule has 1 saturated carbocycles. The fraction of sp³-hybridized carbons (Fsp3) is 0.211. The molecule has 21 heavy (non-hydrogen) atoms. The molecule has 0 radical (unpaired) electrons. The Kier molecular flexibility index (Phi) is 3.17. The molecule has 0 spiro atoms. The summed E-state index contributed by atoms with van der Waals surface area (Å²) < 4.78 is 0. The van der Waals surface area contributed by atoms with Gasteiger partial charge in [-0.05, 0) is 24.1 Å². The first-order valence-corrected chi connectivity index (χ1v) is 7.53. The highest BCUT2D eigenvalue weighted by Gasteiger charge is 2.37. The molecular weight excluding hydrogens is 256 g/mol. The number of hydrogen-bond donors (Lipinski definition) is 1. The van der Waals surface area contributed by atoms with Crippen LogP contribution >= 0.6 is 0 Å². The van der Waals surface area contributed by atoms with Crippen LogP contribution in [0.4, 0.5) is 0 Å². The maximum absolute atomic E-state index is 4.71. The lowest BCUT2D eigenvalue weighted by Gasteiger charge is -2.05. The second-order valence-corrected chi connectivity index (χ2v) is 5.74. The van der Waals surface area contributed by atoms with Gasteiger partial charge in [0.2, 0.25) is 0 Å². The molecule has 1 aliphatic rings. The Morgan fingerprint density at radius 3 is 2.62 bits per heavy atom. The van der Waals surface area contributed by atoms with Crippen LogP contribution in [0.25, 0.3) is 10.9 Å². The Morgan fingerprint density at radius 1 is 0.905 bits per heavy atom. The molecule has 0 saturated heterocycles. The van der Waals surface area contributed by atoms with Crippen LogP contribution in [-0.2, 0) is 6.54 Å². The SMILES string of the molecule is c1ccc(C2C[C@@H]2NCc2ccc3ccccc3n2)cc1. The van der Waals surface area contributed by atoms with E-state index in [2.05, 4.69) is 66.0 Å². The molecule has 2 nitrogen and oxygen atoms in total. The Labute approximate surface area is 124 Å². The summed E-state index contributed by atoms with van der Waals surface area (Å²) in [5.41, 5.74) is 3.64. The first-order valence-electron chi connectivity index (χ1n) is 7.53. The summed E-state index contributed by atoms with van der Waals surface area (Å²) in [5, 5.41) is 4.83. The number of fused-ring (bicyclic) bond motifs is 1. The van der Waals surface area contributed by atoms with Gasteiger partial charge in [-0.2, -0.15) is 0 Å². The standard InChI is InChI=1S/C19H18N2/c1-2-6-14(7-3-1)17-12-19(17)20-13-16-11-10-15-8-4-5-9-18(15)21-16/h1-11,17,19-20H,12-13H2/t17?,19-/m0/s1. The molecule has 1 fully saturated rings. The first-order chi connectivity index (χ1) is 10.4. The molecule has 1 unspecified atom stereocenters. The van der Waals surface area contributed by atoms with Crippen LogP contribution in [0.15, 0.2) is 66.7 Å². The van der Waals surface area contributed by atoms with E-state index >= 15 is 0 Å². The lowest BCUT2D eigenvalue weighted by Crippen LogP contribution is -2.18. The molecule has 1 heterocycles. The normalized spacial score (nSPS) is 20.6. The van der Waals surface area contributed by atoms with Gasteiger partial charge in [-0.1, -0.05) is 54.6 Å². The third-order valence-corrected chi connectivity index (χ3v) is 4.22. The van der Waals surface area contributed by atoms with Crippen LogP contribution in [0, 0.1) is 0 Å². The quantitative estimate of drug-likeness (QED) is 0.781. The molecule has 3 aromatic rings. The van der Waals surface area contributed by atoms with E-state index in [0.29, 0.717) is 12.0 Å². The predicted octanol–water partition coefficient (Wildman–Crippen LogP) is 3.88. The van der Waals surface area contributed by atoms with Gasteiger partial charge in [-0.15, -0.1) is 0 Å². The van der Waals surface area contributed by atoms with Gasteiger partial charge in [0.25, 0.3) is 0 Å². The second-order valence-electron chi connectivity index (χ2n) is 5.74. The van der Waals surface area contributed by atoms with Crippen LogP contribution in [-0.4, -0.2) is 11.0 Å². The fourth-order valence-corrected chi connectivity index (χ4v) is 2.93. The molecule has 2 atom stereocenters. The minimum atomic E-state index is 0.598. The van der Waals surface area contributed by atoms with E-state index in [4.69, 9.17) is 4.98 Å². The number of para-hydroxylation sites is 1. The highest BCUT2D eigenvalue weighted by atomic mass is 15.0. The van der Waals surface area contributed by atoms with Crippen molar-refractivity contribution >= 4 is 10.9 Å². The highest BCUT2D eigenvalue weighted by Crippen LogP contribution is 2.40. The number of benzene rings is 2. The van der Waals surface area contributed by atoms with Gasteiger partial charge in [0.05, 0.1) is 11.2 Å². The maximum atomic E-state index is 4.71. The van der Waals surface area contributed by atoms with Crippen LogP contribution < -0.4 is 5.32 Å². The third-order valence-electron chi connectivity index (χ3n) is 4.22. The van der Waals surface area contributed by atoms with Crippen molar-refractivity contribution in [3.8, 4) is 0 Å². The number of rotatable bonds is 4.